The van der Waals surface area contributed by atoms with Crippen LogP contribution in [-0.4, -0.2) is 25.2 Å². The summed E-state index contributed by atoms with van der Waals surface area (Å²) in [5.74, 6) is -1.17. The van der Waals surface area contributed by atoms with Crippen molar-refractivity contribution in [1.29, 1.82) is 0 Å². The molecule has 2 aromatic carbocycles. The van der Waals surface area contributed by atoms with Crippen molar-refractivity contribution >= 4 is 5.78 Å². The number of ketones is 1. The van der Waals surface area contributed by atoms with Crippen LogP contribution in [0.25, 0.3) is 0 Å². The molecule has 4 heteroatoms. The molecule has 24 heavy (non-hydrogen) atoms. The van der Waals surface area contributed by atoms with Crippen LogP contribution < -0.4 is 0 Å². The SMILES string of the molecule is O=C1[C@@H](F)[C@@H](COCc2ccccc2)[C@@H]1COCc1ccccc1. The Labute approximate surface area is 141 Å². The molecule has 3 atom stereocenters. The monoisotopic (exact) mass is 328 g/mol. The highest BCUT2D eigenvalue weighted by atomic mass is 19.1. The Kier molecular flexibility index (Phi) is 5.72. The number of ether oxygens (including phenoxy) is 2. The van der Waals surface area contributed by atoms with Gasteiger partial charge in [-0.3, -0.25) is 4.79 Å². The third-order valence-electron chi connectivity index (χ3n) is 4.36. The van der Waals surface area contributed by atoms with E-state index in [4.69, 9.17) is 9.47 Å². The fraction of sp³-hybridized carbons (Fsp3) is 0.350. The summed E-state index contributed by atoms with van der Waals surface area (Å²) < 4.78 is 25.0. The first-order chi connectivity index (χ1) is 11.8. The summed E-state index contributed by atoms with van der Waals surface area (Å²) in [5.41, 5.74) is 2.08. The Hall–Kier alpha value is -2.04. The second kappa shape index (κ2) is 8.18. The number of halogens is 1. The molecule has 126 valence electrons. The second-order valence-electron chi connectivity index (χ2n) is 6.08. The molecule has 0 unspecified atom stereocenters. The lowest BCUT2D eigenvalue weighted by molar-refractivity contribution is -0.154. The topological polar surface area (TPSA) is 35.5 Å². The van der Waals surface area contributed by atoms with Crippen LogP contribution in [0.3, 0.4) is 0 Å². The van der Waals surface area contributed by atoms with Crippen LogP contribution >= 0.6 is 0 Å². The molecular weight excluding hydrogens is 307 g/mol. The Morgan fingerprint density at radius 2 is 1.29 bits per heavy atom. The van der Waals surface area contributed by atoms with Crippen LogP contribution in [0.15, 0.2) is 60.7 Å². The molecule has 1 aliphatic rings. The zero-order chi connectivity index (χ0) is 16.8. The number of hydrogen-bond acceptors (Lipinski definition) is 3. The Bertz CT molecular complexity index is 644. The number of alkyl halides is 1. The predicted molar refractivity (Wildman–Crippen MR) is 89.1 cm³/mol. The lowest BCUT2D eigenvalue weighted by Crippen LogP contribution is -2.53. The maximum Gasteiger partial charge on any atom is 0.173 e. The van der Waals surface area contributed by atoms with Gasteiger partial charge >= 0.3 is 0 Å². The fourth-order valence-electron chi connectivity index (χ4n) is 2.88. The van der Waals surface area contributed by atoms with Gasteiger partial charge in [0.25, 0.3) is 0 Å². The molecule has 2 aromatic rings. The van der Waals surface area contributed by atoms with Crippen LogP contribution in [0, 0.1) is 11.8 Å². The van der Waals surface area contributed by atoms with E-state index in [1.807, 2.05) is 60.7 Å². The second-order valence-corrected chi connectivity index (χ2v) is 6.08. The average molecular weight is 328 g/mol. The van der Waals surface area contributed by atoms with Gasteiger partial charge in [0.05, 0.1) is 32.3 Å². The highest BCUT2D eigenvalue weighted by molar-refractivity contribution is 5.92. The number of Topliss-reactive ketones (excluding diaryl/α,β-unsaturated/α-hetero) is 1. The molecular formula is C20H21FO3. The van der Waals surface area contributed by atoms with Gasteiger partial charge in [0, 0.05) is 5.92 Å². The third-order valence-corrected chi connectivity index (χ3v) is 4.36. The van der Waals surface area contributed by atoms with Gasteiger partial charge in [0.1, 0.15) is 0 Å². The molecule has 0 radical (unpaired) electrons. The van der Waals surface area contributed by atoms with Crippen molar-refractivity contribution in [2.45, 2.75) is 19.4 Å². The molecule has 0 saturated heterocycles. The van der Waals surface area contributed by atoms with E-state index >= 15 is 0 Å². The summed E-state index contributed by atoms with van der Waals surface area (Å²) in [6, 6.07) is 19.4. The molecule has 0 aromatic heterocycles. The molecule has 1 saturated carbocycles. The summed E-state index contributed by atoms with van der Waals surface area (Å²) in [7, 11) is 0. The van der Waals surface area contributed by atoms with Crippen LogP contribution in [0.2, 0.25) is 0 Å². The maximum absolute atomic E-state index is 13.8. The van der Waals surface area contributed by atoms with Crippen LogP contribution in [0.1, 0.15) is 11.1 Å². The molecule has 3 rings (SSSR count). The molecule has 1 fully saturated rings. The third kappa shape index (κ3) is 4.08. The Balaban J connectivity index is 1.43. The summed E-state index contributed by atoms with van der Waals surface area (Å²) in [4.78, 5) is 11.7. The van der Waals surface area contributed by atoms with Crippen molar-refractivity contribution in [3.05, 3.63) is 71.8 Å². The first kappa shape index (κ1) is 16.8. The van der Waals surface area contributed by atoms with Crippen molar-refractivity contribution in [2.24, 2.45) is 11.8 Å². The molecule has 0 spiro atoms. The van der Waals surface area contributed by atoms with Gasteiger partial charge in [-0.05, 0) is 11.1 Å². The minimum atomic E-state index is -1.42. The van der Waals surface area contributed by atoms with Gasteiger partial charge in [0.15, 0.2) is 12.0 Å². The summed E-state index contributed by atoms with van der Waals surface area (Å²) in [6.07, 6.45) is -1.42. The van der Waals surface area contributed by atoms with Gasteiger partial charge in [-0.25, -0.2) is 4.39 Å². The lowest BCUT2D eigenvalue weighted by Gasteiger charge is -2.37. The average Bonchev–Trinajstić information content (AvgIpc) is 2.64. The molecule has 3 nitrogen and oxygen atoms in total. The standard InChI is InChI=1S/C20H21FO3/c21-19-17(13-23-11-15-7-3-1-4-8-15)18(20(19)22)14-24-12-16-9-5-2-6-10-16/h1-10,17-19H,11-14H2/t17-,18-,19-/m0/s1. The zero-order valence-corrected chi connectivity index (χ0v) is 13.4. The number of hydrogen-bond donors (Lipinski definition) is 0. The van der Waals surface area contributed by atoms with E-state index in [9.17, 15) is 9.18 Å². The Morgan fingerprint density at radius 3 is 1.83 bits per heavy atom. The summed E-state index contributed by atoms with van der Waals surface area (Å²) in [6.45, 7) is 1.34. The van der Waals surface area contributed by atoms with Crippen LogP contribution in [-0.2, 0) is 27.5 Å². The van der Waals surface area contributed by atoms with Crippen molar-refractivity contribution in [3.8, 4) is 0 Å². The largest absolute Gasteiger partial charge is 0.376 e. The minimum absolute atomic E-state index is 0.237. The number of carbonyl (C=O) groups is 1. The smallest absolute Gasteiger partial charge is 0.173 e. The molecule has 1 aliphatic carbocycles. The maximum atomic E-state index is 13.8. The first-order valence-corrected chi connectivity index (χ1v) is 8.17. The molecule has 0 bridgehead atoms. The van der Waals surface area contributed by atoms with Crippen LogP contribution in [0.4, 0.5) is 4.39 Å². The molecule has 0 N–H and O–H groups in total. The summed E-state index contributed by atoms with van der Waals surface area (Å²) in [5, 5.41) is 0. The lowest BCUT2D eigenvalue weighted by atomic mass is 9.71. The van der Waals surface area contributed by atoms with Crippen molar-refractivity contribution in [1.82, 2.24) is 0 Å². The minimum Gasteiger partial charge on any atom is -0.376 e. The van der Waals surface area contributed by atoms with Gasteiger partial charge in [-0.1, -0.05) is 60.7 Å². The van der Waals surface area contributed by atoms with E-state index in [0.29, 0.717) is 13.2 Å². The van der Waals surface area contributed by atoms with Gasteiger partial charge < -0.3 is 9.47 Å². The fourth-order valence-corrected chi connectivity index (χ4v) is 2.88. The predicted octanol–water partition coefficient (Wildman–Crippen LogP) is 3.57. The first-order valence-electron chi connectivity index (χ1n) is 8.17. The number of benzene rings is 2. The van der Waals surface area contributed by atoms with E-state index in [-0.39, 0.29) is 19.0 Å². The highest BCUT2D eigenvalue weighted by Crippen LogP contribution is 2.34. The van der Waals surface area contributed by atoms with Gasteiger partial charge in [0.2, 0.25) is 0 Å². The van der Waals surface area contributed by atoms with Gasteiger partial charge in [-0.2, -0.15) is 0 Å². The zero-order valence-electron chi connectivity index (χ0n) is 13.4. The molecule has 0 heterocycles. The van der Waals surface area contributed by atoms with Crippen molar-refractivity contribution in [2.75, 3.05) is 13.2 Å². The van der Waals surface area contributed by atoms with E-state index in [1.54, 1.807) is 0 Å². The van der Waals surface area contributed by atoms with Gasteiger partial charge in [-0.15, -0.1) is 0 Å². The molecule has 0 amide bonds. The summed E-state index contributed by atoms with van der Waals surface area (Å²) >= 11 is 0. The normalized spacial score (nSPS) is 23.0. The number of rotatable bonds is 8. The van der Waals surface area contributed by atoms with E-state index in [2.05, 4.69) is 0 Å². The quantitative estimate of drug-likeness (QED) is 0.743. The number of carbonyl (C=O) groups excluding carboxylic acids is 1. The van der Waals surface area contributed by atoms with E-state index in [1.165, 1.54) is 0 Å². The Morgan fingerprint density at radius 1 is 0.792 bits per heavy atom. The van der Waals surface area contributed by atoms with Crippen molar-refractivity contribution < 1.29 is 18.7 Å². The van der Waals surface area contributed by atoms with Crippen LogP contribution in [0.5, 0.6) is 0 Å². The van der Waals surface area contributed by atoms with E-state index in [0.717, 1.165) is 11.1 Å². The van der Waals surface area contributed by atoms with Crippen molar-refractivity contribution in [3.63, 3.8) is 0 Å². The highest BCUT2D eigenvalue weighted by Gasteiger charge is 2.50. The molecule has 0 aliphatic heterocycles. The van der Waals surface area contributed by atoms with E-state index < -0.39 is 18.0 Å².